The van der Waals surface area contributed by atoms with Crippen LogP contribution in [0.25, 0.3) is 0 Å². The lowest BCUT2D eigenvalue weighted by atomic mass is 10.0. The summed E-state index contributed by atoms with van der Waals surface area (Å²) >= 11 is 0. The number of ether oxygens (including phenoxy) is 1. The van der Waals surface area contributed by atoms with Crippen LogP contribution in [0.2, 0.25) is 0 Å². The first-order chi connectivity index (χ1) is 13.7. The molecule has 0 aliphatic carbocycles. The summed E-state index contributed by atoms with van der Waals surface area (Å²) in [5.41, 5.74) is 2.12. The molecular formula is C23H28N2O3. The molecule has 1 saturated heterocycles. The molecular weight excluding hydrogens is 352 g/mol. The number of hydrogen-bond acceptors (Lipinski definition) is 3. The van der Waals surface area contributed by atoms with Crippen LogP contribution in [0.1, 0.15) is 30.9 Å². The van der Waals surface area contributed by atoms with Crippen LogP contribution in [-0.4, -0.2) is 42.5 Å². The minimum Gasteiger partial charge on any atom is -0.483 e. The third-order valence-corrected chi connectivity index (χ3v) is 5.12. The molecule has 1 aliphatic rings. The average molecular weight is 380 g/mol. The molecule has 2 amide bonds. The van der Waals surface area contributed by atoms with Gasteiger partial charge in [0, 0.05) is 19.1 Å². The highest BCUT2D eigenvalue weighted by Gasteiger charge is 2.24. The smallest absolute Gasteiger partial charge is 0.260 e. The number of nitrogens with one attached hydrogen (secondary N) is 1. The molecule has 1 N–H and O–H groups in total. The van der Waals surface area contributed by atoms with Gasteiger partial charge in [0.2, 0.25) is 5.91 Å². The van der Waals surface area contributed by atoms with Crippen molar-refractivity contribution >= 4 is 11.8 Å². The fourth-order valence-electron chi connectivity index (χ4n) is 3.50. The van der Waals surface area contributed by atoms with E-state index in [4.69, 9.17) is 4.74 Å². The summed E-state index contributed by atoms with van der Waals surface area (Å²) in [4.78, 5) is 26.5. The Hall–Kier alpha value is -2.82. The summed E-state index contributed by atoms with van der Waals surface area (Å²) in [5.74, 6) is 0.817. The first-order valence-corrected chi connectivity index (χ1v) is 9.97. The maximum absolute atomic E-state index is 12.5. The monoisotopic (exact) mass is 380 g/mol. The Morgan fingerprint density at radius 3 is 2.43 bits per heavy atom. The first-order valence-electron chi connectivity index (χ1n) is 9.97. The minimum atomic E-state index is -0.0000294. The highest BCUT2D eigenvalue weighted by molar-refractivity contribution is 5.79. The molecule has 0 unspecified atom stereocenters. The zero-order valence-electron chi connectivity index (χ0n) is 16.4. The van der Waals surface area contributed by atoms with E-state index >= 15 is 0 Å². The highest BCUT2D eigenvalue weighted by atomic mass is 16.5. The third kappa shape index (κ3) is 5.59. The van der Waals surface area contributed by atoms with E-state index in [1.807, 2.05) is 59.5 Å². The standard InChI is InChI=1S/C23H28N2O3/c1-2-19-10-6-7-11-21(19)28-17-23(27)25-14-12-20(13-15-25)24-22(26)16-18-8-4-3-5-9-18/h3-11,20H,2,12-17H2,1H3,(H,24,26). The van der Waals surface area contributed by atoms with E-state index in [9.17, 15) is 9.59 Å². The number of amides is 2. The summed E-state index contributed by atoms with van der Waals surface area (Å²) in [6, 6.07) is 17.7. The molecule has 0 aromatic heterocycles. The lowest BCUT2D eigenvalue weighted by molar-refractivity contribution is -0.134. The molecule has 2 aromatic rings. The summed E-state index contributed by atoms with van der Waals surface area (Å²) in [6.07, 6.45) is 2.82. The fourth-order valence-corrected chi connectivity index (χ4v) is 3.50. The highest BCUT2D eigenvalue weighted by Crippen LogP contribution is 2.19. The Bertz CT molecular complexity index is 783. The van der Waals surface area contributed by atoms with Crippen LogP contribution in [0.3, 0.4) is 0 Å². The second-order valence-corrected chi connectivity index (χ2v) is 7.13. The molecule has 0 bridgehead atoms. The number of nitrogens with zero attached hydrogens (tertiary/aromatic N) is 1. The van der Waals surface area contributed by atoms with Crippen molar-refractivity contribution in [3.63, 3.8) is 0 Å². The van der Waals surface area contributed by atoms with E-state index in [-0.39, 0.29) is 24.5 Å². The molecule has 5 heteroatoms. The number of hydrogen-bond donors (Lipinski definition) is 1. The van der Waals surface area contributed by atoms with E-state index in [2.05, 4.69) is 12.2 Å². The predicted octanol–water partition coefficient (Wildman–Crippen LogP) is 2.98. The van der Waals surface area contributed by atoms with Crippen molar-refractivity contribution < 1.29 is 14.3 Å². The number of likely N-dealkylation sites (tertiary alicyclic amines) is 1. The van der Waals surface area contributed by atoms with Crippen molar-refractivity contribution in [2.75, 3.05) is 19.7 Å². The molecule has 2 aromatic carbocycles. The van der Waals surface area contributed by atoms with Crippen molar-refractivity contribution in [3.05, 3.63) is 65.7 Å². The topological polar surface area (TPSA) is 58.6 Å². The molecule has 1 heterocycles. The maximum Gasteiger partial charge on any atom is 0.260 e. The van der Waals surface area contributed by atoms with E-state index in [1.165, 1.54) is 0 Å². The lowest BCUT2D eigenvalue weighted by Crippen LogP contribution is -2.48. The zero-order valence-corrected chi connectivity index (χ0v) is 16.4. The summed E-state index contributed by atoms with van der Waals surface area (Å²) in [5, 5.41) is 3.09. The number of benzene rings is 2. The van der Waals surface area contributed by atoms with Gasteiger partial charge in [-0.3, -0.25) is 9.59 Å². The number of carbonyl (C=O) groups is 2. The van der Waals surface area contributed by atoms with Crippen molar-refractivity contribution in [1.29, 1.82) is 0 Å². The molecule has 0 radical (unpaired) electrons. The van der Waals surface area contributed by atoms with Crippen LogP contribution in [0.5, 0.6) is 5.75 Å². The summed E-state index contributed by atoms with van der Waals surface area (Å²) in [7, 11) is 0. The summed E-state index contributed by atoms with van der Waals surface area (Å²) in [6.45, 7) is 3.42. The first kappa shape index (κ1) is 19.9. The molecule has 28 heavy (non-hydrogen) atoms. The van der Waals surface area contributed by atoms with Gasteiger partial charge in [-0.05, 0) is 36.5 Å². The van der Waals surface area contributed by atoms with Gasteiger partial charge < -0.3 is 15.0 Å². The number of carbonyl (C=O) groups excluding carboxylic acids is 2. The number of aryl methyl sites for hydroxylation is 1. The Morgan fingerprint density at radius 2 is 1.71 bits per heavy atom. The van der Waals surface area contributed by atoms with Gasteiger partial charge in [0.05, 0.1) is 6.42 Å². The molecule has 1 aliphatic heterocycles. The van der Waals surface area contributed by atoms with E-state index in [0.717, 1.165) is 36.1 Å². The SMILES string of the molecule is CCc1ccccc1OCC(=O)N1CCC(NC(=O)Cc2ccccc2)CC1. The Kier molecular flexibility index (Phi) is 7.06. The number of rotatable bonds is 7. The molecule has 148 valence electrons. The third-order valence-electron chi connectivity index (χ3n) is 5.12. The van der Waals surface area contributed by atoms with Gasteiger partial charge in [0.25, 0.3) is 5.91 Å². The van der Waals surface area contributed by atoms with Gasteiger partial charge in [-0.25, -0.2) is 0 Å². The average Bonchev–Trinajstić information content (AvgIpc) is 2.73. The lowest BCUT2D eigenvalue weighted by Gasteiger charge is -2.32. The van der Waals surface area contributed by atoms with Crippen molar-refractivity contribution in [1.82, 2.24) is 10.2 Å². The Morgan fingerprint density at radius 1 is 1.04 bits per heavy atom. The Balaban J connectivity index is 1.40. The van der Waals surface area contributed by atoms with Crippen LogP contribution in [0.15, 0.2) is 54.6 Å². The summed E-state index contributed by atoms with van der Waals surface area (Å²) < 4.78 is 5.74. The van der Waals surface area contributed by atoms with Crippen LogP contribution >= 0.6 is 0 Å². The van der Waals surface area contributed by atoms with E-state index in [0.29, 0.717) is 19.5 Å². The van der Waals surface area contributed by atoms with Crippen LogP contribution < -0.4 is 10.1 Å². The zero-order chi connectivity index (χ0) is 19.8. The van der Waals surface area contributed by atoms with Crippen molar-refractivity contribution in [2.45, 2.75) is 38.6 Å². The predicted molar refractivity (Wildman–Crippen MR) is 109 cm³/mol. The van der Waals surface area contributed by atoms with Gasteiger partial charge >= 0.3 is 0 Å². The van der Waals surface area contributed by atoms with Crippen molar-refractivity contribution in [3.8, 4) is 5.75 Å². The van der Waals surface area contributed by atoms with Gasteiger partial charge in [-0.2, -0.15) is 0 Å². The quantitative estimate of drug-likeness (QED) is 0.803. The number of para-hydroxylation sites is 1. The molecule has 1 fully saturated rings. The van der Waals surface area contributed by atoms with Crippen molar-refractivity contribution in [2.24, 2.45) is 0 Å². The van der Waals surface area contributed by atoms with Gasteiger partial charge in [-0.1, -0.05) is 55.5 Å². The van der Waals surface area contributed by atoms with Crippen LogP contribution in [-0.2, 0) is 22.4 Å². The maximum atomic E-state index is 12.5. The second kappa shape index (κ2) is 9.93. The van der Waals surface area contributed by atoms with E-state index in [1.54, 1.807) is 0 Å². The molecule has 3 rings (SSSR count). The Labute approximate surface area is 166 Å². The van der Waals surface area contributed by atoms with Gasteiger partial charge in [-0.15, -0.1) is 0 Å². The normalized spacial score (nSPS) is 14.5. The molecule has 0 saturated carbocycles. The van der Waals surface area contributed by atoms with Crippen LogP contribution in [0, 0.1) is 0 Å². The second-order valence-electron chi connectivity index (χ2n) is 7.13. The fraction of sp³-hybridized carbons (Fsp3) is 0.391. The molecule has 5 nitrogen and oxygen atoms in total. The minimum absolute atomic E-state index is 0.0000294. The van der Waals surface area contributed by atoms with Crippen LogP contribution in [0.4, 0.5) is 0 Å². The molecule has 0 atom stereocenters. The van der Waals surface area contributed by atoms with Gasteiger partial charge in [0.15, 0.2) is 6.61 Å². The van der Waals surface area contributed by atoms with Gasteiger partial charge in [0.1, 0.15) is 5.75 Å². The van der Waals surface area contributed by atoms with E-state index < -0.39 is 0 Å². The number of piperidine rings is 1. The molecule has 0 spiro atoms. The largest absolute Gasteiger partial charge is 0.483 e.